The molecule has 1 heterocycles. The quantitative estimate of drug-likeness (QED) is 0.872. The number of hydrogen-bond acceptors (Lipinski definition) is 4. The fourth-order valence-corrected chi connectivity index (χ4v) is 3.10. The Balaban J connectivity index is 0.00000200. The second kappa shape index (κ2) is 9.23. The number of benzene rings is 1. The normalized spacial score (nSPS) is 15.4. The summed E-state index contributed by atoms with van der Waals surface area (Å²) in [6.07, 6.45) is 0.369. The molecule has 1 amide bonds. The predicted octanol–water partition coefficient (Wildman–Crippen LogP) is 1.94. The van der Waals surface area contributed by atoms with E-state index in [2.05, 4.69) is 22.3 Å². The number of nitrogens with zero attached hydrogens (tertiary/aromatic N) is 1. The van der Waals surface area contributed by atoms with E-state index in [0.29, 0.717) is 13.0 Å². The summed E-state index contributed by atoms with van der Waals surface area (Å²) >= 11 is 2.02. The van der Waals surface area contributed by atoms with Gasteiger partial charge < -0.3 is 11.1 Å². The van der Waals surface area contributed by atoms with Crippen LogP contribution in [0.15, 0.2) is 24.3 Å². The van der Waals surface area contributed by atoms with Crippen molar-refractivity contribution < 1.29 is 4.79 Å². The van der Waals surface area contributed by atoms with E-state index in [1.807, 2.05) is 23.9 Å². The molecular weight excluding hydrogens is 294 g/mol. The van der Waals surface area contributed by atoms with E-state index in [1.165, 1.54) is 17.1 Å². The van der Waals surface area contributed by atoms with Gasteiger partial charge in [-0.15, -0.1) is 12.4 Å². The molecule has 2 rings (SSSR count). The van der Waals surface area contributed by atoms with Crippen LogP contribution in [0.1, 0.15) is 12.0 Å². The lowest BCUT2D eigenvalue weighted by molar-refractivity contribution is -0.116. The molecule has 1 fully saturated rings. The van der Waals surface area contributed by atoms with Crippen molar-refractivity contribution >= 4 is 35.8 Å². The fraction of sp³-hybridized carbons (Fsp3) is 0.500. The van der Waals surface area contributed by atoms with Crippen molar-refractivity contribution in [1.82, 2.24) is 4.90 Å². The first-order valence-corrected chi connectivity index (χ1v) is 7.82. The van der Waals surface area contributed by atoms with E-state index < -0.39 is 0 Å². The highest BCUT2D eigenvalue weighted by Gasteiger charge is 2.11. The van der Waals surface area contributed by atoms with Crippen LogP contribution in [0.5, 0.6) is 0 Å². The molecule has 112 valence electrons. The van der Waals surface area contributed by atoms with Crippen LogP contribution in [0.4, 0.5) is 5.69 Å². The summed E-state index contributed by atoms with van der Waals surface area (Å²) in [7, 11) is 0. The zero-order valence-electron chi connectivity index (χ0n) is 11.5. The molecule has 20 heavy (non-hydrogen) atoms. The molecule has 0 saturated carbocycles. The Morgan fingerprint density at radius 2 is 2.10 bits per heavy atom. The summed E-state index contributed by atoms with van der Waals surface area (Å²) in [6, 6.07) is 8.08. The Bertz CT molecular complexity index is 425. The van der Waals surface area contributed by atoms with Crippen molar-refractivity contribution in [1.29, 1.82) is 0 Å². The van der Waals surface area contributed by atoms with E-state index in [-0.39, 0.29) is 18.3 Å². The Hall–Kier alpha value is -0.750. The van der Waals surface area contributed by atoms with Gasteiger partial charge in [0.2, 0.25) is 5.91 Å². The fourth-order valence-electron chi connectivity index (χ4n) is 2.12. The number of nitrogens with two attached hydrogens (primary N) is 1. The first kappa shape index (κ1) is 17.3. The van der Waals surface area contributed by atoms with Crippen molar-refractivity contribution in [3.05, 3.63) is 29.8 Å². The Kier molecular flexibility index (Phi) is 7.99. The largest absolute Gasteiger partial charge is 0.330 e. The van der Waals surface area contributed by atoms with Gasteiger partial charge in [-0.2, -0.15) is 11.8 Å². The summed E-state index contributed by atoms with van der Waals surface area (Å²) < 4.78 is 0. The predicted molar refractivity (Wildman–Crippen MR) is 88.6 cm³/mol. The maximum Gasteiger partial charge on any atom is 0.225 e. The highest BCUT2D eigenvalue weighted by molar-refractivity contribution is 7.99. The minimum atomic E-state index is -0.0194. The number of thioether (sulfide) groups is 1. The number of amides is 1. The number of carbonyl (C=O) groups excluding carboxylic acids is 1. The van der Waals surface area contributed by atoms with Gasteiger partial charge in [-0.3, -0.25) is 9.69 Å². The van der Waals surface area contributed by atoms with Gasteiger partial charge in [-0.1, -0.05) is 12.1 Å². The number of anilines is 1. The molecule has 1 aromatic carbocycles. The topological polar surface area (TPSA) is 58.4 Å². The molecule has 0 atom stereocenters. The summed E-state index contributed by atoms with van der Waals surface area (Å²) in [6.45, 7) is 3.64. The van der Waals surface area contributed by atoms with Gasteiger partial charge in [0.1, 0.15) is 0 Å². The molecule has 1 saturated heterocycles. The lowest BCUT2D eigenvalue weighted by Gasteiger charge is -2.26. The molecule has 3 N–H and O–H groups in total. The van der Waals surface area contributed by atoms with Gasteiger partial charge in [0.15, 0.2) is 0 Å². The van der Waals surface area contributed by atoms with E-state index >= 15 is 0 Å². The van der Waals surface area contributed by atoms with Crippen LogP contribution >= 0.6 is 24.2 Å². The van der Waals surface area contributed by atoms with Gasteiger partial charge >= 0.3 is 0 Å². The zero-order chi connectivity index (χ0) is 13.5. The van der Waals surface area contributed by atoms with Crippen LogP contribution in [0, 0.1) is 0 Å². The molecule has 0 bridgehead atoms. The molecule has 1 aliphatic heterocycles. The van der Waals surface area contributed by atoms with Crippen molar-refractivity contribution in [3.63, 3.8) is 0 Å². The van der Waals surface area contributed by atoms with Crippen LogP contribution in [-0.4, -0.2) is 41.9 Å². The van der Waals surface area contributed by atoms with Gasteiger partial charge in [0, 0.05) is 49.8 Å². The second-order valence-corrected chi connectivity index (χ2v) is 5.90. The highest BCUT2D eigenvalue weighted by Crippen LogP contribution is 2.16. The van der Waals surface area contributed by atoms with Crippen molar-refractivity contribution in [2.24, 2.45) is 5.73 Å². The first-order chi connectivity index (χ1) is 9.28. The third kappa shape index (κ3) is 5.71. The molecule has 1 aliphatic rings. The third-order valence-electron chi connectivity index (χ3n) is 3.09. The van der Waals surface area contributed by atoms with Crippen LogP contribution in [-0.2, 0) is 11.3 Å². The van der Waals surface area contributed by atoms with Gasteiger partial charge in [-0.25, -0.2) is 0 Å². The molecule has 6 heteroatoms. The molecule has 0 unspecified atom stereocenters. The van der Waals surface area contributed by atoms with Crippen molar-refractivity contribution in [2.45, 2.75) is 13.0 Å². The maximum atomic E-state index is 11.5. The van der Waals surface area contributed by atoms with Gasteiger partial charge in [-0.05, 0) is 17.7 Å². The first-order valence-electron chi connectivity index (χ1n) is 6.67. The average Bonchev–Trinajstić information content (AvgIpc) is 2.40. The second-order valence-electron chi connectivity index (χ2n) is 4.68. The van der Waals surface area contributed by atoms with Crippen molar-refractivity contribution in [2.75, 3.05) is 36.5 Å². The third-order valence-corrected chi connectivity index (χ3v) is 4.03. The monoisotopic (exact) mass is 315 g/mol. The molecular formula is C14H22ClN3OS. The standard InChI is InChI=1S/C14H21N3OS.ClH/c15-5-4-14(18)16-13-3-1-2-12(10-13)11-17-6-8-19-9-7-17;/h1-3,10H,4-9,11,15H2,(H,16,18);1H. The van der Waals surface area contributed by atoms with E-state index in [4.69, 9.17) is 5.73 Å². The van der Waals surface area contributed by atoms with Gasteiger partial charge in [0.25, 0.3) is 0 Å². The summed E-state index contributed by atoms with van der Waals surface area (Å²) in [4.78, 5) is 14.0. The SMILES string of the molecule is Cl.NCCC(=O)Nc1cccc(CN2CCSCC2)c1. The Labute approximate surface area is 130 Å². The lowest BCUT2D eigenvalue weighted by Crippen LogP contribution is -2.31. The smallest absolute Gasteiger partial charge is 0.225 e. The van der Waals surface area contributed by atoms with Crippen LogP contribution in [0.3, 0.4) is 0 Å². The van der Waals surface area contributed by atoms with Gasteiger partial charge in [0.05, 0.1) is 0 Å². The minimum Gasteiger partial charge on any atom is -0.330 e. The molecule has 0 aliphatic carbocycles. The number of carbonyl (C=O) groups is 1. The Morgan fingerprint density at radius 1 is 1.35 bits per heavy atom. The van der Waals surface area contributed by atoms with Crippen LogP contribution < -0.4 is 11.1 Å². The number of hydrogen-bond donors (Lipinski definition) is 2. The average molecular weight is 316 g/mol. The summed E-state index contributed by atoms with van der Waals surface area (Å²) in [5.74, 6) is 2.41. The number of halogens is 1. The highest BCUT2D eigenvalue weighted by atomic mass is 35.5. The number of nitrogens with one attached hydrogen (secondary N) is 1. The summed E-state index contributed by atoms with van der Waals surface area (Å²) in [5, 5.41) is 2.88. The summed E-state index contributed by atoms with van der Waals surface area (Å²) in [5.41, 5.74) is 7.48. The molecule has 0 aromatic heterocycles. The van der Waals surface area contributed by atoms with E-state index in [9.17, 15) is 4.79 Å². The number of rotatable bonds is 5. The molecule has 0 spiro atoms. The minimum absolute atomic E-state index is 0. The van der Waals surface area contributed by atoms with E-state index in [1.54, 1.807) is 0 Å². The lowest BCUT2D eigenvalue weighted by atomic mass is 10.2. The van der Waals surface area contributed by atoms with E-state index in [0.717, 1.165) is 25.3 Å². The Morgan fingerprint density at radius 3 is 2.80 bits per heavy atom. The maximum absolute atomic E-state index is 11.5. The van der Waals surface area contributed by atoms with Crippen LogP contribution in [0.25, 0.3) is 0 Å². The van der Waals surface area contributed by atoms with Crippen LogP contribution in [0.2, 0.25) is 0 Å². The zero-order valence-corrected chi connectivity index (χ0v) is 13.1. The molecule has 4 nitrogen and oxygen atoms in total. The van der Waals surface area contributed by atoms with Crippen molar-refractivity contribution in [3.8, 4) is 0 Å². The molecule has 1 aromatic rings. The molecule has 0 radical (unpaired) electrons.